The summed E-state index contributed by atoms with van der Waals surface area (Å²) in [6.07, 6.45) is 4.57. The SMILES string of the molecule is CCOC(=O)C1CCC(OC(C(=O)OC(C)(C)C)(N2CCCC2)N2C[C@H](C)N(CCF)[C@@H](C)C2)CC1. The van der Waals surface area contributed by atoms with Crippen molar-refractivity contribution < 1.29 is 28.2 Å². The zero-order chi connectivity index (χ0) is 26.5. The van der Waals surface area contributed by atoms with E-state index in [0.717, 1.165) is 25.9 Å². The van der Waals surface area contributed by atoms with Gasteiger partial charge in [-0.1, -0.05) is 0 Å². The third kappa shape index (κ3) is 6.77. The second-order valence-electron chi connectivity index (χ2n) is 11.7. The van der Waals surface area contributed by atoms with Gasteiger partial charge < -0.3 is 14.2 Å². The highest BCUT2D eigenvalue weighted by molar-refractivity contribution is 5.79. The summed E-state index contributed by atoms with van der Waals surface area (Å²) < 4.78 is 31.5. The molecule has 2 heterocycles. The number of hydrogen-bond donors (Lipinski definition) is 0. The summed E-state index contributed by atoms with van der Waals surface area (Å²) >= 11 is 0. The number of hydrogen-bond acceptors (Lipinski definition) is 8. The van der Waals surface area contributed by atoms with Crippen molar-refractivity contribution in [1.29, 1.82) is 0 Å². The molecular weight excluding hydrogens is 465 g/mol. The fraction of sp³-hybridized carbons (Fsp3) is 0.926. The van der Waals surface area contributed by atoms with Gasteiger partial charge in [0.15, 0.2) is 0 Å². The molecule has 8 nitrogen and oxygen atoms in total. The molecule has 0 N–H and O–H groups in total. The Morgan fingerprint density at radius 1 is 0.944 bits per heavy atom. The number of halogens is 1. The molecule has 1 saturated carbocycles. The van der Waals surface area contributed by atoms with Crippen LogP contribution in [-0.4, -0.2) is 102 Å². The summed E-state index contributed by atoms with van der Waals surface area (Å²) in [6.45, 7) is 14.7. The number of nitrogens with zero attached hydrogens (tertiary/aromatic N) is 3. The van der Waals surface area contributed by atoms with Crippen molar-refractivity contribution in [3.8, 4) is 0 Å². The first-order valence-corrected chi connectivity index (χ1v) is 13.9. The van der Waals surface area contributed by atoms with Crippen LogP contribution in [0.25, 0.3) is 0 Å². The van der Waals surface area contributed by atoms with Gasteiger partial charge in [0.25, 0.3) is 5.85 Å². The highest BCUT2D eigenvalue weighted by Crippen LogP contribution is 2.38. The average molecular weight is 514 g/mol. The third-order valence-corrected chi connectivity index (χ3v) is 7.70. The smallest absolute Gasteiger partial charge is 0.371 e. The summed E-state index contributed by atoms with van der Waals surface area (Å²) in [5, 5.41) is 0. The Balaban J connectivity index is 1.90. The highest BCUT2D eigenvalue weighted by Gasteiger charge is 2.57. The van der Waals surface area contributed by atoms with Crippen LogP contribution in [0, 0.1) is 5.92 Å². The van der Waals surface area contributed by atoms with Gasteiger partial charge in [-0.2, -0.15) is 0 Å². The zero-order valence-corrected chi connectivity index (χ0v) is 23.3. The first-order chi connectivity index (χ1) is 17.0. The number of likely N-dealkylation sites (tertiary alicyclic amines) is 1. The van der Waals surface area contributed by atoms with Crippen LogP contribution in [-0.2, 0) is 23.8 Å². The van der Waals surface area contributed by atoms with Gasteiger partial charge in [0.05, 0.1) is 18.6 Å². The molecule has 0 bridgehead atoms. The standard InChI is InChI=1S/C27H48FN3O5/c1-7-34-24(32)22-10-12-23(13-11-22)35-27(29-15-8-9-16-29,25(33)36-26(4,5)6)30-18-20(2)31(17-14-28)21(3)19-30/h20-23H,7-19H2,1-6H3/t20-,21-,22?,23?,27?/m0/s1. The summed E-state index contributed by atoms with van der Waals surface area (Å²) in [5.41, 5.74) is -0.666. The van der Waals surface area contributed by atoms with Crippen LogP contribution < -0.4 is 0 Å². The molecule has 3 fully saturated rings. The molecule has 0 aromatic heterocycles. The van der Waals surface area contributed by atoms with Gasteiger partial charge in [-0.25, -0.2) is 14.1 Å². The van der Waals surface area contributed by atoms with Crippen LogP contribution in [0.2, 0.25) is 0 Å². The van der Waals surface area contributed by atoms with Crippen molar-refractivity contribution in [3.05, 3.63) is 0 Å². The minimum absolute atomic E-state index is 0.0667. The van der Waals surface area contributed by atoms with Crippen molar-refractivity contribution in [2.24, 2.45) is 5.92 Å². The van der Waals surface area contributed by atoms with Crippen molar-refractivity contribution in [2.45, 2.75) is 110 Å². The molecule has 0 aromatic rings. The lowest BCUT2D eigenvalue weighted by Gasteiger charge is -2.54. The normalized spacial score (nSPS) is 30.6. The molecule has 2 aliphatic heterocycles. The Hall–Kier alpha value is -1.29. The van der Waals surface area contributed by atoms with Crippen LogP contribution in [0.4, 0.5) is 4.39 Å². The maximum Gasteiger partial charge on any atom is 0.371 e. The van der Waals surface area contributed by atoms with E-state index in [1.165, 1.54) is 0 Å². The van der Waals surface area contributed by atoms with Gasteiger partial charge in [0.1, 0.15) is 12.3 Å². The third-order valence-electron chi connectivity index (χ3n) is 7.70. The van der Waals surface area contributed by atoms with Gasteiger partial charge in [-0.15, -0.1) is 0 Å². The van der Waals surface area contributed by atoms with E-state index in [2.05, 4.69) is 28.5 Å². The Labute approximate surface area is 216 Å². The topological polar surface area (TPSA) is 71.5 Å². The van der Waals surface area contributed by atoms with E-state index < -0.39 is 18.1 Å². The van der Waals surface area contributed by atoms with E-state index in [1.54, 1.807) is 0 Å². The molecule has 3 atom stereocenters. The van der Waals surface area contributed by atoms with Crippen molar-refractivity contribution in [2.75, 3.05) is 46.0 Å². The van der Waals surface area contributed by atoms with Gasteiger partial charge in [-0.05, 0) is 80.1 Å². The Morgan fingerprint density at radius 2 is 1.53 bits per heavy atom. The van der Waals surface area contributed by atoms with Crippen LogP contribution in [0.5, 0.6) is 0 Å². The largest absolute Gasteiger partial charge is 0.466 e. The Kier molecular flexibility index (Phi) is 10.2. The number of ether oxygens (including phenoxy) is 3. The van der Waals surface area contributed by atoms with E-state index in [4.69, 9.17) is 14.2 Å². The van der Waals surface area contributed by atoms with Crippen LogP contribution in [0.1, 0.15) is 80.1 Å². The zero-order valence-electron chi connectivity index (χ0n) is 23.3. The van der Waals surface area contributed by atoms with Crippen LogP contribution in [0.15, 0.2) is 0 Å². The molecule has 0 amide bonds. The minimum Gasteiger partial charge on any atom is -0.466 e. The van der Waals surface area contributed by atoms with E-state index >= 15 is 0 Å². The van der Waals surface area contributed by atoms with Crippen molar-refractivity contribution >= 4 is 11.9 Å². The maximum absolute atomic E-state index is 14.1. The molecule has 9 heteroatoms. The maximum atomic E-state index is 14.1. The van der Waals surface area contributed by atoms with Crippen LogP contribution in [0.3, 0.4) is 0 Å². The molecular formula is C27H48FN3O5. The van der Waals surface area contributed by atoms with Gasteiger partial charge in [-0.3, -0.25) is 14.6 Å². The quantitative estimate of drug-likeness (QED) is 0.434. The lowest BCUT2D eigenvalue weighted by molar-refractivity contribution is -0.285. The molecule has 1 aliphatic carbocycles. The first kappa shape index (κ1) is 29.3. The number of esters is 2. The molecule has 2 saturated heterocycles. The first-order valence-electron chi connectivity index (χ1n) is 13.9. The predicted octanol–water partition coefficient (Wildman–Crippen LogP) is 3.58. The molecule has 0 spiro atoms. The van der Waals surface area contributed by atoms with E-state index in [9.17, 15) is 14.0 Å². The molecule has 3 aliphatic rings. The van der Waals surface area contributed by atoms with Crippen molar-refractivity contribution in [3.63, 3.8) is 0 Å². The van der Waals surface area contributed by atoms with Gasteiger partial charge in [0.2, 0.25) is 0 Å². The molecule has 36 heavy (non-hydrogen) atoms. The average Bonchev–Trinajstić information content (AvgIpc) is 3.34. The number of rotatable bonds is 9. The molecule has 1 unspecified atom stereocenters. The second-order valence-corrected chi connectivity index (χ2v) is 11.7. The minimum atomic E-state index is -1.34. The monoisotopic (exact) mass is 513 g/mol. The summed E-state index contributed by atoms with van der Waals surface area (Å²) in [4.78, 5) is 32.9. The predicted molar refractivity (Wildman–Crippen MR) is 136 cm³/mol. The molecule has 3 rings (SSSR count). The molecule has 208 valence electrons. The van der Waals surface area contributed by atoms with Crippen LogP contribution >= 0.6 is 0 Å². The number of piperazine rings is 1. The number of carbonyl (C=O) groups excluding carboxylic acids is 2. The van der Waals surface area contributed by atoms with Gasteiger partial charge in [0, 0.05) is 44.8 Å². The Morgan fingerprint density at radius 3 is 2.03 bits per heavy atom. The highest BCUT2D eigenvalue weighted by atomic mass is 19.1. The molecule has 0 radical (unpaired) electrons. The summed E-state index contributed by atoms with van der Waals surface area (Å²) in [7, 11) is 0. The van der Waals surface area contributed by atoms with Crippen molar-refractivity contribution in [1.82, 2.24) is 14.7 Å². The van der Waals surface area contributed by atoms with E-state index in [1.807, 2.05) is 27.7 Å². The van der Waals surface area contributed by atoms with E-state index in [0.29, 0.717) is 51.9 Å². The fourth-order valence-electron chi connectivity index (χ4n) is 6.07. The molecule has 0 aromatic carbocycles. The van der Waals surface area contributed by atoms with E-state index in [-0.39, 0.29) is 36.0 Å². The summed E-state index contributed by atoms with van der Waals surface area (Å²) in [6, 6.07) is 0.133. The van der Waals surface area contributed by atoms with Gasteiger partial charge >= 0.3 is 11.9 Å². The second kappa shape index (κ2) is 12.5. The lowest BCUT2D eigenvalue weighted by Crippen LogP contribution is -2.73. The fourth-order valence-corrected chi connectivity index (χ4v) is 6.07. The Bertz CT molecular complexity index is 721. The summed E-state index contributed by atoms with van der Waals surface area (Å²) in [5.74, 6) is -1.96. The number of alkyl halides is 1. The number of carbonyl (C=O) groups is 2. The lowest BCUT2D eigenvalue weighted by atomic mass is 9.87.